The van der Waals surface area contributed by atoms with Crippen LogP contribution in [0.4, 0.5) is 5.95 Å². The molecule has 116 valence electrons. The summed E-state index contributed by atoms with van der Waals surface area (Å²) in [6.07, 6.45) is 0. The van der Waals surface area contributed by atoms with E-state index >= 15 is 0 Å². The van der Waals surface area contributed by atoms with Gasteiger partial charge in [0.05, 0.1) is 0 Å². The standard InChI is InChI=1S/C15H19N5OS/c1-19(2)15-16-13(17-18-15)11-4-3-5-12(10-11)14(21)20-6-8-22-9-7-20/h3-5,10H,6-9H2,1-2H3,(H,16,17,18). The quantitative estimate of drug-likeness (QED) is 0.934. The highest BCUT2D eigenvalue weighted by Crippen LogP contribution is 2.20. The minimum Gasteiger partial charge on any atom is -0.346 e. The van der Waals surface area contributed by atoms with Crippen molar-refractivity contribution in [1.29, 1.82) is 0 Å². The number of carbonyl (C=O) groups excluding carboxylic acids is 1. The molecular weight excluding hydrogens is 298 g/mol. The number of H-pyrrole nitrogens is 1. The molecule has 1 aromatic heterocycles. The van der Waals surface area contributed by atoms with Crippen LogP contribution in [0.5, 0.6) is 0 Å². The third-order valence-corrected chi connectivity index (χ3v) is 4.50. The number of aromatic amines is 1. The summed E-state index contributed by atoms with van der Waals surface area (Å²) in [5.74, 6) is 3.42. The Kier molecular flexibility index (Phi) is 4.33. The van der Waals surface area contributed by atoms with Crippen molar-refractivity contribution in [3.63, 3.8) is 0 Å². The van der Waals surface area contributed by atoms with Crippen molar-refractivity contribution >= 4 is 23.6 Å². The summed E-state index contributed by atoms with van der Waals surface area (Å²) >= 11 is 1.89. The molecule has 22 heavy (non-hydrogen) atoms. The van der Waals surface area contributed by atoms with E-state index in [1.165, 1.54) is 0 Å². The van der Waals surface area contributed by atoms with Gasteiger partial charge in [-0.3, -0.25) is 9.89 Å². The summed E-state index contributed by atoms with van der Waals surface area (Å²) in [6.45, 7) is 1.64. The van der Waals surface area contributed by atoms with Crippen molar-refractivity contribution < 1.29 is 4.79 Å². The normalized spacial score (nSPS) is 14.9. The summed E-state index contributed by atoms with van der Waals surface area (Å²) in [5, 5.41) is 7.07. The largest absolute Gasteiger partial charge is 0.346 e. The van der Waals surface area contributed by atoms with E-state index in [9.17, 15) is 4.79 Å². The molecule has 1 fully saturated rings. The van der Waals surface area contributed by atoms with Gasteiger partial charge in [0.1, 0.15) is 0 Å². The lowest BCUT2D eigenvalue weighted by Crippen LogP contribution is -2.37. The minimum atomic E-state index is 0.0921. The highest BCUT2D eigenvalue weighted by Gasteiger charge is 2.19. The van der Waals surface area contributed by atoms with Crippen LogP contribution >= 0.6 is 11.8 Å². The average molecular weight is 317 g/mol. The second-order valence-corrected chi connectivity index (χ2v) is 6.59. The van der Waals surface area contributed by atoms with Gasteiger partial charge in [-0.2, -0.15) is 16.7 Å². The number of rotatable bonds is 3. The molecule has 2 heterocycles. The van der Waals surface area contributed by atoms with Crippen LogP contribution in [0, 0.1) is 0 Å². The molecule has 0 unspecified atom stereocenters. The Balaban J connectivity index is 1.83. The number of thioether (sulfide) groups is 1. The zero-order chi connectivity index (χ0) is 15.5. The number of anilines is 1. The molecule has 1 aliphatic heterocycles. The zero-order valence-electron chi connectivity index (χ0n) is 12.7. The Morgan fingerprint density at radius 2 is 2.09 bits per heavy atom. The molecule has 1 aliphatic rings. The first kappa shape index (κ1) is 14.9. The van der Waals surface area contributed by atoms with Gasteiger partial charge < -0.3 is 9.80 Å². The van der Waals surface area contributed by atoms with Gasteiger partial charge in [0, 0.05) is 49.8 Å². The Labute approximate surface area is 133 Å². The van der Waals surface area contributed by atoms with E-state index in [4.69, 9.17) is 0 Å². The van der Waals surface area contributed by atoms with E-state index in [1.54, 1.807) is 0 Å². The molecule has 2 aromatic rings. The van der Waals surface area contributed by atoms with Crippen LogP contribution < -0.4 is 4.90 Å². The molecule has 1 saturated heterocycles. The first-order valence-corrected chi connectivity index (χ1v) is 8.38. The van der Waals surface area contributed by atoms with Gasteiger partial charge in [-0.15, -0.1) is 5.10 Å². The predicted octanol–water partition coefficient (Wildman–Crippen LogP) is 1.73. The maximum atomic E-state index is 12.6. The van der Waals surface area contributed by atoms with Crippen molar-refractivity contribution in [1.82, 2.24) is 20.1 Å². The molecule has 0 radical (unpaired) electrons. The number of aromatic nitrogens is 3. The van der Waals surface area contributed by atoms with Crippen LogP contribution in [0.15, 0.2) is 24.3 Å². The molecular formula is C15H19N5OS. The van der Waals surface area contributed by atoms with E-state index in [0.29, 0.717) is 17.3 Å². The van der Waals surface area contributed by atoms with Crippen molar-refractivity contribution in [2.24, 2.45) is 0 Å². The molecule has 6 nitrogen and oxygen atoms in total. The Bertz CT molecular complexity index is 663. The number of nitrogens with one attached hydrogen (secondary N) is 1. The predicted molar refractivity (Wildman–Crippen MR) is 89.4 cm³/mol. The fraction of sp³-hybridized carbons (Fsp3) is 0.400. The van der Waals surface area contributed by atoms with Crippen molar-refractivity contribution in [3.8, 4) is 11.4 Å². The summed E-state index contributed by atoms with van der Waals surface area (Å²) in [6, 6.07) is 7.56. The molecule has 0 spiro atoms. The number of carbonyl (C=O) groups is 1. The molecule has 7 heteroatoms. The van der Waals surface area contributed by atoms with E-state index in [1.807, 2.05) is 59.9 Å². The molecule has 0 aliphatic carbocycles. The monoisotopic (exact) mass is 317 g/mol. The molecule has 0 saturated carbocycles. The van der Waals surface area contributed by atoms with Gasteiger partial charge in [0.2, 0.25) is 5.95 Å². The van der Waals surface area contributed by atoms with Crippen LogP contribution in [-0.4, -0.2) is 64.7 Å². The maximum absolute atomic E-state index is 12.6. The second kappa shape index (κ2) is 6.39. The summed E-state index contributed by atoms with van der Waals surface area (Å²) in [4.78, 5) is 20.7. The summed E-state index contributed by atoms with van der Waals surface area (Å²) in [7, 11) is 3.78. The zero-order valence-corrected chi connectivity index (χ0v) is 13.6. The van der Waals surface area contributed by atoms with Crippen LogP contribution in [0.2, 0.25) is 0 Å². The van der Waals surface area contributed by atoms with Gasteiger partial charge in [-0.25, -0.2) is 0 Å². The second-order valence-electron chi connectivity index (χ2n) is 5.36. The minimum absolute atomic E-state index is 0.0921. The summed E-state index contributed by atoms with van der Waals surface area (Å²) < 4.78 is 0. The molecule has 0 atom stereocenters. The molecule has 1 N–H and O–H groups in total. The number of nitrogens with zero attached hydrogens (tertiary/aromatic N) is 4. The van der Waals surface area contributed by atoms with E-state index in [0.717, 1.165) is 30.2 Å². The lowest BCUT2D eigenvalue weighted by Gasteiger charge is -2.26. The van der Waals surface area contributed by atoms with E-state index in [-0.39, 0.29) is 5.91 Å². The van der Waals surface area contributed by atoms with Crippen molar-refractivity contribution in [2.45, 2.75) is 0 Å². The first-order chi connectivity index (χ1) is 10.6. The van der Waals surface area contributed by atoms with Crippen LogP contribution in [0.3, 0.4) is 0 Å². The molecule has 0 bridgehead atoms. The van der Waals surface area contributed by atoms with Gasteiger partial charge in [-0.05, 0) is 12.1 Å². The van der Waals surface area contributed by atoms with Gasteiger partial charge in [0.25, 0.3) is 5.91 Å². The van der Waals surface area contributed by atoms with Gasteiger partial charge in [0.15, 0.2) is 5.82 Å². The number of amides is 1. The van der Waals surface area contributed by atoms with Gasteiger partial charge >= 0.3 is 0 Å². The molecule has 1 aromatic carbocycles. The topological polar surface area (TPSA) is 65.1 Å². The fourth-order valence-corrected chi connectivity index (χ4v) is 3.23. The maximum Gasteiger partial charge on any atom is 0.253 e. The number of hydrogen-bond donors (Lipinski definition) is 1. The third-order valence-electron chi connectivity index (χ3n) is 3.55. The SMILES string of the molecule is CN(C)c1n[nH]c(-c2cccc(C(=O)N3CCSCC3)c2)n1. The number of benzene rings is 1. The Morgan fingerprint density at radius 3 is 2.77 bits per heavy atom. The fourth-order valence-electron chi connectivity index (χ4n) is 2.33. The lowest BCUT2D eigenvalue weighted by molar-refractivity contribution is 0.0772. The van der Waals surface area contributed by atoms with E-state index in [2.05, 4.69) is 15.2 Å². The Morgan fingerprint density at radius 1 is 1.32 bits per heavy atom. The van der Waals surface area contributed by atoms with E-state index < -0.39 is 0 Å². The van der Waals surface area contributed by atoms with Gasteiger partial charge in [-0.1, -0.05) is 12.1 Å². The molecule has 1 amide bonds. The smallest absolute Gasteiger partial charge is 0.253 e. The van der Waals surface area contributed by atoms with Crippen LogP contribution in [0.25, 0.3) is 11.4 Å². The number of hydrogen-bond acceptors (Lipinski definition) is 5. The van der Waals surface area contributed by atoms with Crippen LogP contribution in [0.1, 0.15) is 10.4 Å². The van der Waals surface area contributed by atoms with Crippen molar-refractivity contribution in [3.05, 3.63) is 29.8 Å². The first-order valence-electron chi connectivity index (χ1n) is 7.22. The third kappa shape index (κ3) is 3.09. The Hall–Kier alpha value is -2.02. The highest BCUT2D eigenvalue weighted by molar-refractivity contribution is 7.99. The summed E-state index contributed by atoms with van der Waals surface area (Å²) in [5.41, 5.74) is 1.57. The highest BCUT2D eigenvalue weighted by atomic mass is 32.2. The average Bonchev–Trinajstić information content (AvgIpc) is 3.05. The van der Waals surface area contributed by atoms with Crippen molar-refractivity contribution in [2.75, 3.05) is 43.6 Å². The van der Waals surface area contributed by atoms with Crippen LogP contribution in [-0.2, 0) is 0 Å². The molecule has 3 rings (SSSR count). The lowest BCUT2D eigenvalue weighted by atomic mass is 10.1.